The largest absolute Gasteiger partial charge is 0.339 e. The normalized spacial score (nSPS) is 20.0. The molecule has 2 aliphatic heterocycles. The first-order valence-electron chi connectivity index (χ1n) is 9.07. The highest BCUT2D eigenvalue weighted by Gasteiger charge is 2.41. The minimum atomic E-state index is -0.604. The van der Waals surface area contributed by atoms with Crippen LogP contribution < -0.4 is 0 Å². The fourth-order valence-corrected chi connectivity index (χ4v) is 4.79. The molecule has 0 aromatic carbocycles. The third-order valence-corrected chi connectivity index (χ3v) is 6.48. The molecule has 0 unspecified atom stereocenters. The standard InChI is InChI=1S/C19H23FN4OS/c1-14-22-16(12-26-14)11-23-7-3-19(13-23)4-8-24(9-5-19)18(25)15-2-6-21-17(20)10-15/h2,6,10,12H,3-5,7-9,11,13H2,1H3. The Balaban J connectivity index is 1.34. The first-order valence-corrected chi connectivity index (χ1v) is 9.95. The van der Waals surface area contributed by atoms with E-state index in [0.29, 0.717) is 11.0 Å². The Kier molecular flexibility index (Phi) is 4.75. The van der Waals surface area contributed by atoms with Crippen LogP contribution in [-0.2, 0) is 6.54 Å². The smallest absolute Gasteiger partial charge is 0.254 e. The zero-order valence-corrected chi connectivity index (χ0v) is 15.8. The first kappa shape index (κ1) is 17.5. The van der Waals surface area contributed by atoms with E-state index in [0.717, 1.165) is 56.3 Å². The molecule has 2 aliphatic rings. The number of carbonyl (C=O) groups excluding carboxylic acids is 1. The topological polar surface area (TPSA) is 49.3 Å². The van der Waals surface area contributed by atoms with Gasteiger partial charge in [0.25, 0.3) is 5.91 Å². The number of likely N-dealkylation sites (tertiary alicyclic amines) is 2. The maximum Gasteiger partial charge on any atom is 0.254 e. The van der Waals surface area contributed by atoms with Crippen LogP contribution in [0.1, 0.15) is 40.3 Å². The summed E-state index contributed by atoms with van der Waals surface area (Å²) in [5, 5.41) is 3.27. The number of aryl methyl sites for hydroxylation is 1. The van der Waals surface area contributed by atoms with Crippen LogP contribution in [0.4, 0.5) is 4.39 Å². The van der Waals surface area contributed by atoms with Crippen LogP contribution in [-0.4, -0.2) is 51.9 Å². The Labute approximate surface area is 156 Å². The van der Waals surface area contributed by atoms with Crippen LogP contribution in [0.3, 0.4) is 0 Å². The molecule has 0 aliphatic carbocycles. The molecule has 138 valence electrons. The van der Waals surface area contributed by atoms with Gasteiger partial charge in [0, 0.05) is 49.4 Å². The van der Waals surface area contributed by atoms with Crippen LogP contribution in [0.2, 0.25) is 0 Å². The number of halogens is 1. The lowest BCUT2D eigenvalue weighted by Crippen LogP contribution is -2.44. The van der Waals surface area contributed by atoms with Crippen molar-refractivity contribution in [2.75, 3.05) is 26.2 Å². The lowest BCUT2D eigenvalue weighted by molar-refractivity contribution is 0.0587. The van der Waals surface area contributed by atoms with E-state index in [1.807, 2.05) is 11.8 Å². The second-order valence-electron chi connectivity index (χ2n) is 7.48. The van der Waals surface area contributed by atoms with Gasteiger partial charge in [-0.25, -0.2) is 9.97 Å². The van der Waals surface area contributed by atoms with E-state index in [2.05, 4.69) is 20.2 Å². The van der Waals surface area contributed by atoms with Crippen LogP contribution >= 0.6 is 11.3 Å². The highest BCUT2D eigenvalue weighted by Crippen LogP contribution is 2.41. The number of amides is 1. The molecule has 0 saturated carbocycles. The summed E-state index contributed by atoms with van der Waals surface area (Å²) in [7, 11) is 0. The average molecular weight is 374 g/mol. The molecule has 26 heavy (non-hydrogen) atoms. The molecule has 7 heteroatoms. The molecular formula is C19H23FN4OS. The molecule has 1 spiro atoms. The number of carbonyl (C=O) groups is 1. The number of hydrogen-bond donors (Lipinski definition) is 0. The van der Waals surface area contributed by atoms with Gasteiger partial charge in [-0.3, -0.25) is 9.69 Å². The number of aromatic nitrogens is 2. The summed E-state index contributed by atoms with van der Waals surface area (Å²) in [6.07, 6.45) is 4.56. The Morgan fingerprint density at radius 2 is 2.08 bits per heavy atom. The average Bonchev–Trinajstić information content (AvgIpc) is 3.22. The van der Waals surface area contributed by atoms with Crippen LogP contribution in [0.25, 0.3) is 0 Å². The van der Waals surface area contributed by atoms with Gasteiger partial charge in [-0.05, 0) is 44.2 Å². The Bertz CT molecular complexity index is 800. The van der Waals surface area contributed by atoms with E-state index in [-0.39, 0.29) is 5.91 Å². The number of thiazole rings is 1. The second kappa shape index (κ2) is 7.04. The van der Waals surface area contributed by atoms with Crippen molar-refractivity contribution in [3.8, 4) is 0 Å². The molecule has 1 amide bonds. The minimum absolute atomic E-state index is 0.0889. The van der Waals surface area contributed by atoms with Crippen molar-refractivity contribution in [2.45, 2.75) is 32.7 Å². The highest BCUT2D eigenvalue weighted by atomic mass is 32.1. The number of pyridine rings is 1. The van der Waals surface area contributed by atoms with Crippen molar-refractivity contribution < 1.29 is 9.18 Å². The minimum Gasteiger partial charge on any atom is -0.339 e. The number of hydrogen-bond acceptors (Lipinski definition) is 5. The summed E-state index contributed by atoms with van der Waals surface area (Å²) in [6.45, 7) is 6.63. The molecule has 2 saturated heterocycles. The van der Waals surface area contributed by atoms with E-state index in [1.165, 1.54) is 18.7 Å². The van der Waals surface area contributed by atoms with Gasteiger partial charge in [0.1, 0.15) is 0 Å². The van der Waals surface area contributed by atoms with Crippen molar-refractivity contribution in [2.24, 2.45) is 5.41 Å². The molecule has 2 aromatic rings. The molecule has 4 rings (SSSR count). The number of nitrogens with zero attached hydrogens (tertiary/aromatic N) is 4. The van der Waals surface area contributed by atoms with Gasteiger partial charge >= 0.3 is 0 Å². The molecule has 0 N–H and O–H groups in total. The van der Waals surface area contributed by atoms with Gasteiger partial charge in [-0.2, -0.15) is 4.39 Å². The van der Waals surface area contributed by atoms with Gasteiger partial charge in [0.15, 0.2) is 0 Å². The van der Waals surface area contributed by atoms with Crippen molar-refractivity contribution in [1.82, 2.24) is 19.8 Å². The van der Waals surface area contributed by atoms with E-state index in [9.17, 15) is 9.18 Å². The van der Waals surface area contributed by atoms with Crippen LogP contribution in [0, 0.1) is 18.3 Å². The van der Waals surface area contributed by atoms with Gasteiger partial charge < -0.3 is 4.90 Å². The fraction of sp³-hybridized carbons (Fsp3) is 0.526. The van der Waals surface area contributed by atoms with Crippen molar-refractivity contribution in [1.29, 1.82) is 0 Å². The van der Waals surface area contributed by atoms with Crippen molar-refractivity contribution in [3.63, 3.8) is 0 Å². The van der Waals surface area contributed by atoms with Gasteiger partial charge in [0.05, 0.1) is 10.7 Å². The molecule has 0 atom stereocenters. The lowest BCUT2D eigenvalue weighted by atomic mass is 9.77. The Morgan fingerprint density at radius 1 is 1.31 bits per heavy atom. The third-order valence-electron chi connectivity index (χ3n) is 5.65. The highest BCUT2D eigenvalue weighted by molar-refractivity contribution is 7.09. The second-order valence-corrected chi connectivity index (χ2v) is 8.54. The predicted octanol–water partition coefficient (Wildman–Crippen LogP) is 3.11. The summed E-state index contributed by atoms with van der Waals surface area (Å²) in [6, 6.07) is 2.81. The van der Waals surface area contributed by atoms with E-state index >= 15 is 0 Å². The molecule has 0 radical (unpaired) electrons. The monoisotopic (exact) mass is 374 g/mol. The van der Waals surface area contributed by atoms with Gasteiger partial charge in [0.2, 0.25) is 5.95 Å². The summed E-state index contributed by atoms with van der Waals surface area (Å²) < 4.78 is 13.3. The maximum atomic E-state index is 13.3. The molecule has 0 bridgehead atoms. The predicted molar refractivity (Wildman–Crippen MR) is 98.5 cm³/mol. The quantitative estimate of drug-likeness (QED) is 0.775. The summed E-state index contributed by atoms with van der Waals surface area (Å²) in [5.74, 6) is -0.693. The Morgan fingerprint density at radius 3 is 2.77 bits per heavy atom. The summed E-state index contributed by atoms with van der Waals surface area (Å²) in [4.78, 5) is 25.0. The van der Waals surface area contributed by atoms with E-state index in [1.54, 1.807) is 17.4 Å². The van der Waals surface area contributed by atoms with Gasteiger partial charge in [-0.15, -0.1) is 11.3 Å². The summed E-state index contributed by atoms with van der Waals surface area (Å²) >= 11 is 1.70. The zero-order chi connectivity index (χ0) is 18.1. The third kappa shape index (κ3) is 3.64. The van der Waals surface area contributed by atoms with Crippen LogP contribution in [0.15, 0.2) is 23.7 Å². The SMILES string of the molecule is Cc1nc(CN2CCC3(CCN(C(=O)c4ccnc(F)c4)CC3)C2)cs1. The van der Waals surface area contributed by atoms with E-state index < -0.39 is 5.95 Å². The van der Waals surface area contributed by atoms with Crippen LogP contribution in [0.5, 0.6) is 0 Å². The maximum absolute atomic E-state index is 13.3. The number of piperidine rings is 1. The Hall–Kier alpha value is -1.86. The van der Waals surface area contributed by atoms with Gasteiger partial charge in [-0.1, -0.05) is 0 Å². The molecule has 2 fully saturated rings. The fourth-order valence-electron chi connectivity index (χ4n) is 4.18. The first-order chi connectivity index (χ1) is 12.5. The van der Waals surface area contributed by atoms with Crippen molar-refractivity contribution >= 4 is 17.2 Å². The molecule has 4 heterocycles. The zero-order valence-electron chi connectivity index (χ0n) is 14.9. The molecular weight excluding hydrogens is 351 g/mol. The molecule has 5 nitrogen and oxygen atoms in total. The van der Waals surface area contributed by atoms with E-state index in [4.69, 9.17) is 0 Å². The number of rotatable bonds is 3. The molecule has 2 aromatic heterocycles. The summed E-state index contributed by atoms with van der Waals surface area (Å²) in [5.41, 5.74) is 1.86. The van der Waals surface area contributed by atoms with Crippen molar-refractivity contribution in [3.05, 3.63) is 45.9 Å². The lowest BCUT2D eigenvalue weighted by Gasteiger charge is -2.39.